The number of rotatable bonds is 10. The maximum Gasteiger partial charge on any atom is 0.0775 e. The Morgan fingerprint density at radius 2 is 0.548 bits per heavy atom. The fourth-order valence-corrected chi connectivity index (χ4v) is 11.1. The van der Waals surface area contributed by atoms with E-state index in [-0.39, 0.29) is 0 Å². The molecule has 0 spiro atoms. The summed E-state index contributed by atoms with van der Waals surface area (Å²) in [4.78, 5) is 0. The van der Waals surface area contributed by atoms with Crippen molar-refractivity contribution in [1.29, 1.82) is 0 Å². The van der Waals surface area contributed by atoms with Crippen LogP contribution >= 0.6 is 0 Å². The van der Waals surface area contributed by atoms with Gasteiger partial charge in [0.1, 0.15) is 0 Å². The van der Waals surface area contributed by atoms with Gasteiger partial charge in [0.25, 0.3) is 0 Å². The van der Waals surface area contributed by atoms with E-state index in [1.165, 1.54) is 98.7 Å². The first-order chi connectivity index (χ1) is 30.0. The molecule has 0 aliphatic rings. The van der Waals surface area contributed by atoms with Gasteiger partial charge in [-0.05, 0) is 100 Å². The molecule has 9 rings (SSSR count). The molecule has 0 nitrogen and oxygen atoms in total. The van der Waals surface area contributed by atoms with E-state index >= 15 is 0 Å². The van der Waals surface area contributed by atoms with E-state index in [0.717, 1.165) is 0 Å². The summed E-state index contributed by atoms with van der Waals surface area (Å²) in [5.74, 6) is 0. The summed E-state index contributed by atoms with van der Waals surface area (Å²) in [5.41, 5.74) is 14.7. The Kier molecular flexibility index (Phi) is 11.2. The van der Waals surface area contributed by atoms with Crippen molar-refractivity contribution >= 4 is 71.4 Å². The van der Waals surface area contributed by atoms with Gasteiger partial charge in [-0.25, -0.2) is 0 Å². The second-order valence-electron chi connectivity index (χ2n) is 18.6. The Bertz CT molecular complexity index is 2780. The minimum Gasteiger partial charge on any atom is -0.0656 e. The average Bonchev–Trinajstić information content (AvgIpc) is 3.30. The number of hydrogen-bond acceptors (Lipinski definition) is 0. The van der Waals surface area contributed by atoms with Crippen LogP contribution in [-0.4, -0.2) is 16.1 Å². The summed E-state index contributed by atoms with van der Waals surface area (Å²) in [6.07, 6.45) is 4.65. The molecule has 0 saturated carbocycles. The third kappa shape index (κ3) is 8.50. The van der Waals surface area contributed by atoms with Crippen molar-refractivity contribution in [2.75, 3.05) is 0 Å². The lowest BCUT2D eigenvalue weighted by molar-refractivity contribution is 1.55. The second kappa shape index (κ2) is 17.1. The van der Waals surface area contributed by atoms with Crippen LogP contribution in [0.2, 0.25) is 39.3 Å². The molecule has 0 unspecified atom stereocenters. The molecule has 0 atom stereocenters. The van der Waals surface area contributed by atoms with E-state index in [4.69, 9.17) is 0 Å². The molecule has 0 aromatic heterocycles. The van der Waals surface area contributed by atoms with E-state index in [2.05, 4.69) is 258 Å². The summed E-state index contributed by atoms with van der Waals surface area (Å²) >= 11 is 0. The molecule has 302 valence electrons. The van der Waals surface area contributed by atoms with E-state index in [1.807, 2.05) is 0 Å². The van der Waals surface area contributed by atoms with E-state index in [0.29, 0.717) is 0 Å². The standard InChI is InChI=1S/C60H54Si2/c1-61(2,3)51-37-33-47(34-38-51)57(41-43-17-9-7-10-18-43)45-25-29-49(30-26-45)59-53-21-13-15-23-55(53)60(56-24-16-14-22-54(56)59)50-31-27-46(28-32-50)58(42-44-19-11-8-12-20-44)48-35-39-52(40-36-48)62(4,5)6/h7-42H,1-6H3/b57-41-,58-42+. The summed E-state index contributed by atoms with van der Waals surface area (Å²) in [7, 11) is -2.84. The maximum atomic E-state index is 2.41. The zero-order valence-electron chi connectivity index (χ0n) is 36.8. The molecule has 0 fully saturated rings. The molecule has 0 saturated heterocycles. The average molecular weight is 831 g/mol. The fourth-order valence-electron chi connectivity index (χ4n) is 8.78. The van der Waals surface area contributed by atoms with Crippen LogP contribution in [0.5, 0.6) is 0 Å². The Labute approximate surface area is 370 Å². The van der Waals surface area contributed by atoms with Gasteiger partial charge in [-0.1, -0.05) is 256 Å². The van der Waals surface area contributed by atoms with Gasteiger partial charge < -0.3 is 0 Å². The molecular weight excluding hydrogens is 777 g/mol. The van der Waals surface area contributed by atoms with E-state index in [9.17, 15) is 0 Å². The van der Waals surface area contributed by atoms with Crippen LogP contribution in [0.1, 0.15) is 33.4 Å². The van der Waals surface area contributed by atoms with Gasteiger partial charge in [0.2, 0.25) is 0 Å². The lowest BCUT2D eigenvalue weighted by Crippen LogP contribution is -2.37. The van der Waals surface area contributed by atoms with Crippen LogP contribution in [0, 0.1) is 0 Å². The summed E-state index contributed by atoms with van der Waals surface area (Å²) in [6.45, 7) is 14.5. The molecule has 62 heavy (non-hydrogen) atoms. The van der Waals surface area contributed by atoms with Crippen molar-refractivity contribution in [3.63, 3.8) is 0 Å². The van der Waals surface area contributed by atoms with Gasteiger partial charge in [0.15, 0.2) is 0 Å². The highest BCUT2D eigenvalue weighted by atomic mass is 28.3. The van der Waals surface area contributed by atoms with Crippen molar-refractivity contribution in [3.8, 4) is 22.3 Å². The molecule has 9 aromatic carbocycles. The van der Waals surface area contributed by atoms with Crippen LogP contribution < -0.4 is 10.4 Å². The molecule has 0 amide bonds. The van der Waals surface area contributed by atoms with Crippen molar-refractivity contribution in [2.45, 2.75) is 39.3 Å². The minimum absolute atomic E-state index is 1.20. The molecule has 9 aromatic rings. The Morgan fingerprint density at radius 3 is 0.823 bits per heavy atom. The highest BCUT2D eigenvalue weighted by molar-refractivity contribution is 6.89. The molecule has 0 bridgehead atoms. The third-order valence-corrected chi connectivity index (χ3v) is 16.4. The zero-order chi connectivity index (χ0) is 42.8. The summed E-state index contributed by atoms with van der Waals surface area (Å²) in [5, 5.41) is 7.97. The normalized spacial score (nSPS) is 12.5. The van der Waals surface area contributed by atoms with Crippen LogP contribution in [0.3, 0.4) is 0 Å². The number of fused-ring (bicyclic) bond motifs is 2. The molecule has 0 aliphatic heterocycles. The van der Waals surface area contributed by atoms with Crippen molar-refractivity contribution in [2.24, 2.45) is 0 Å². The van der Waals surface area contributed by atoms with Crippen LogP contribution in [0.15, 0.2) is 206 Å². The Balaban J connectivity index is 1.13. The summed E-state index contributed by atoms with van der Waals surface area (Å²) < 4.78 is 0. The zero-order valence-corrected chi connectivity index (χ0v) is 38.8. The van der Waals surface area contributed by atoms with Crippen LogP contribution in [-0.2, 0) is 0 Å². The smallest absolute Gasteiger partial charge is 0.0656 e. The third-order valence-electron chi connectivity index (χ3n) is 12.2. The molecule has 0 heterocycles. The lowest BCUT2D eigenvalue weighted by Gasteiger charge is -2.19. The topological polar surface area (TPSA) is 0 Å². The number of hydrogen-bond donors (Lipinski definition) is 0. The van der Waals surface area contributed by atoms with Gasteiger partial charge >= 0.3 is 0 Å². The minimum atomic E-state index is -1.42. The summed E-state index contributed by atoms with van der Waals surface area (Å²) in [6, 6.07) is 76.5. The van der Waals surface area contributed by atoms with Gasteiger partial charge in [0, 0.05) is 0 Å². The molecular formula is C60H54Si2. The molecule has 0 aliphatic carbocycles. The molecule has 0 N–H and O–H groups in total. The molecule has 2 heteroatoms. The van der Waals surface area contributed by atoms with Gasteiger partial charge in [-0.3, -0.25) is 0 Å². The van der Waals surface area contributed by atoms with Crippen molar-refractivity contribution < 1.29 is 0 Å². The highest BCUT2D eigenvalue weighted by Gasteiger charge is 2.20. The number of benzene rings is 9. The van der Waals surface area contributed by atoms with E-state index < -0.39 is 16.1 Å². The lowest BCUT2D eigenvalue weighted by atomic mass is 9.85. The monoisotopic (exact) mass is 830 g/mol. The fraction of sp³-hybridized carbons (Fsp3) is 0.100. The maximum absolute atomic E-state index is 2.41. The Hall–Kier alpha value is -6.59. The van der Waals surface area contributed by atoms with Crippen LogP contribution in [0.4, 0.5) is 0 Å². The first kappa shape index (κ1) is 40.8. The van der Waals surface area contributed by atoms with Crippen molar-refractivity contribution in [1.82, 2.24) is 0 Å². The molecule has 0 radical (unpaired) electrons. The predicted molar refractivity (Wildman–Crippen MR) is 278 cm³/mol. The SMILES string of the molecule is C[Si](C)(C)c1ccc(/C(=C\c2ccccc2)c2ccc(-c3c4ccccc4c(-c4ccc(/C(=C\c5ccccc5)c5ccc([Si](C)(C)C)cc5)cc4)c4ccccc34)cc2)cc1. The van der Waals surface area contributed by atoms with Crippen LogP contribution in [0.25, 0.3) is 67.1 Å². The van der Waals surface area contributed by atoms with E-state index in [1.54, 1.807) is 0 Å². The van der Waals surface area contributed by atoms with Crippen molar-refractivity contribution in [3.05, 3.63) is 240 Å². The largest absolute Gasteiger partial charge is 0.0775 e. The second-order valence-corrected chi connectivity index (χ2v) is 28.7. The highest BCUT2D eigenvalue weighted by Crippen LogP contribution is 2.44. The first-order valence-corrected chi connectivity index (χ1v) is 28.9. The van der Waals surface area contributed by atoms with Gasteiger partial charge in [0.05, 0.1) is 16.1 Å². The van der Waals surface area contributed by atoms with Gasteiger partial charge in [-0.2, -0.15) is 0 Å². The Morgan fingerprint density at radius 1 is 0.290 bits per heavy atom. The predicted octanol–water partition coefficient (Wildman–Crippen LogP) is 15.6. The van der Waals surface area contributed by atoms with Gasteiger partial charge in [-0.15, -0.1) is 0 Å². The quantitative estimate of drug-likeness (QED) is 0.0732. The first-order valence-electron chi connectivity index (χ1n) is 21.9.